The minimum atomic E-state index is 0.678. The van der Waals surface area contributed by atoms with E-state index in [9.17, 15) is 0 Å². The first-order valence-corrected chi connectivity index (χ1v) is 10.7. The summed E-state index contributed by atoms with van der Waals surface area (Å²) in [5, 5.41) is 6.79. The molecular formula is C24H35N5. The molecule has 2 aromatic carbocycles. The molecule has 0 unspecified atom stereocenters. The van der Waals surface area contributed by atoms with Gasteiger partial charge in [0.2, 0.25) is 0 Å². The molecule has 29 heavy (non-hydrogen) atoms. The van der Waals surface area contributed by atoms with Crippen LogP contribution in [0.3, 0.4) is 0 Å². The molecule has 1 aliphatic rings. The molecule has 5 nitrogen and oxygen atoms in total. The van der Waals surface area contributed by atoms with E-state index in [1.165, 1.54) is 22.3 Å². The van der Waals surface area contributed by atoms with Crippen LogP contribution >= 0.6 is 0 Å². The van der Waals surface area contributed by atoms with Crippen LogP contribution in [0.25, 0.3) is 0 Å². The van der Waals surface area contributed by atoms with Gasteiger partial charge < -0.3 is 15.5 Å². The molecule has 2 N–H and O–H groups in total. The third-order valence-electron chi connectivity index (χ3n) is 5.50. The van der Waals surface area contributed by atoms with Crippen molar-refractivity contribution in [2.45, 2.75) is 33.5 Å². The summed E-state index contributed by atoms with van der Waals surface area (Å²) in [4.78, 5) is 9.69. The van der Waals surface area contributed by atoms with Gasteiger partial charge in [0, 0.05) is 45.8 Å². The van der Waals surface area contributed by atoms with E-state index in [0.29, 0.717) is 6.54 Å². The highest BCUT2D eigenvalue weighted by Crippen LogP contribution is 2.11. The Morgan fingerprint density at radius 1 is 0.931 bits per heavy atom. The van der Waals surface area contributed by atoms with Crippen molar-refractivity contribution in [3.8, 4) is 0 Å². The number of hydrogen-bond donors (Lipinski definition) is 2. The fourth-order valence-corrected chi connectivity index (χ4v) is 3.51. The molecule has 0 saturated carbocycles. The van der Waals surface area contributed by atoms with Gasteiger partial charge in [-0.2, -0.15) is 0 Å². The Balaban J connectivity index is 1.52. The van der Waals surface area contributed by atoms with E-state index >= 15 is 0 Å². The first-order valence-electron chi connectivity index (χ1n) is 10.7. The summed E-state index contributed by atoms with van der Waals surface area (Å²) in [5.41, 5.74) is 5.21. The third-order valence-corrected chi connectivity index (χ3v) is 5.50. The average Bonchev–Trinajstić information content (AvgIpc) is 2.74. The number of rotatable bonds is 7. The van der Waals surface area contributed by atoms with Crippen LogP contribution in [0.1, 0.15) is 29.2 Å². The highest BCUT2D eigenvalue weighted by Gasteiger charge is 2.13. The van der Waals surface area contributed by atoms with Crippen molar-refractivity contribution in [3.05, 3.63) is 70.8 Å². The van der Waals surface area contributed by atoms with Crippen LogP contribution in [0.4, 0.5) is 0 Å². The number of aliphatic imine (C=N–C) groups is 1. The average molecular weight is 394 g/mol. The van der Waals surface area contributed by atoms with Crippen LogP contribution in [0, 0.1) is 6.92 Å². The molecule has 1 heterocycles. The van der Waals surface area contributed by atoms with Crippen LogP contribution in [0.5, 0.6) is 0 Å². The monoisotopic (exact) mass is 393 g/mol. The molecule has 3 rings (SSSR count). The number of aryl methyl sites for hydroxylation is 1. The second-order valence-corrected chi connectivity index (χ2v) is 7.87. The van der Waals surface area contributed by atoms with Crippen LogP contribution in [0.2, 0.25) is 0 Å². The van der Waals surface area contributed by atoms with Crippen molar-refractivity contribution in [1.29, 1.82) is 0 Å². The summed E-state index contributed by atoms with van der Waals surface area (Å²) in [6.07, 6.45) is 0. The predicted octanol–water partition coefficient (Wildman–Crippen LogP) is 3.00. The summed E-state index contributed by atoms with van der Waals surface area (Å²) in [5.74, 6) is 0.859. The molecule has 156 valence electrons. The number of benzene rings is 2. The topological polar surface area (TPSA) is 42.9 Å². The molecule has 0 atom stereocenters. The Morgan fingerprint density at radius 2 is 1.62 bits per heavy atom. The zero-order valence-corrected chi connectivity index (χ0v) is 18.1. The van der Waals surface area contributed by atoms with Crippen LogP contribution in [0.15, 0.2) is 53.5 Å². The molecule has 1 fully saturated rings. The summed E-state index contributed by atoms with van der Waals surface area (Å²) >= 11 is 0. The van der Waals surface area contributed by atoms with Gasteiger partial charge in [0.15, 0.2) is 5.96 Å². The largest absolute Gasteiger partial charge is 0.357 e. The van der Waals surface area contributed by atoms with Gasteiger partial charge >= 0.3 is 0 Å². The van der Waals surface area contributed by atoms with Crippen molar-refractivity contribution in [1.82, 2.24) is 20.4 Å². The van der Waals surface area contributed by atoms with Gasteiger partial charge in [-0.05, 0) is 43.1 Å². The van der Waals surface area contributed by atoms with Crippen molar-refractivity contribution in [2.24, 2.45) is 4.99 Å². The molecule has 0 aromatic heterocycles. The van der Waals surface area contributed by atoms with E-state index in [-0.39, 0.29) is 0 Å². The molecule has 0 bridgehead atoms. The minimum absolute atomic E-state index is 0.678. The number of likely N-dealkylation sites (N-methyl/N-ethyl adjacent to an activating group) is 1. The normalized spacial score (nSPS) is 16.0. The summed E-state index contributed by atoms with van der Waals surface area (Å²) in [7, 11) is 2.20. The van der Waals surface area contributed by atoms with Gasteiger partial charge in [-0.1, -0.05) is 48.5 Å². The number of hydrogen-bond acceptors (Lipinski definition) is 3. The van der Waals surface area contributed by atoms with E-state index < -0.39 is 0 Å². The van der Waals surface area contributed by atoms with E-state index in [4.69, 9.17) is 4.99 Å². The van der Waals surface area contributed by atoms with Crippen LogP contribution < -0.4 is 10.6 Å². The molecule has 1 aliphatic heterocycles. The lowest BCUT2D eigenvalue weighted by Crippen LogP contribution is -2.43. The quantitative estimate of drug-likeness (QED) is 0.561. The highest BCUT2D eigenvalue weighted by atomic mass is 15.2. The zero-order valence-electron chi connectivity index (χ0n) is 18.1. The van der Waals surface area contributed by atoms with Crippen molar-refractivity contribution < 1.29 is 0 Å². The molecule has 0 spiro atoms. The van der Waals surface area contributed by atoms with Gasteiger partial charge in [-0.3, -0.25) is 4.90 Å². The van der Waals surface area contributed by atoms with Gasteiger partial charge in [-0.15, -0.1) is 0 Å². The Labute approximate surface area is 175 Å². The highest BCUT2D eigenvalue weighted by molar-refractivity contribution is 5.79. The Kier molecular flexibility index (Phi) is 8.08. The molecule has 2 aromatic rings. The van der Waals surface area contributed by atoms with Gasteiger partial charge in [0.25, 0.3) is 0 Å². The van der Waals surface area contributed by atoms with E-state index in [0.717, 1.165) is 51.8 Å². The second kappa shape index (κ2) is 11.0. The lowest BCUT2D eigenvalue weighted by Gasteiger charge is -2.32. The lowest BCUT2D eigenvalue weighted by molar-refractivity contribution is 0.148. The van der Waals surface area contributed by atoms with Crippen LogP contribution in [-0.4, -0.2) is 55.5 Å². The van der Waals surface area contributed by atoms with E-state index in [1.54, 1.807) is 0 Å². The maximum absolute atomic E-state index is 4.76. The number of guanidine groups is 1. The molecule has 1 saturated heterocycles. The predicted molar refractivity (Wildman–Crippen MR) is 122 cm³/mol. The summed E-state index contributed by atoms with van der Waals surface area (Å²) in [6, 6.07) is 17.4. The van der Waals surface area contributed by atoms with Crippen molar-refractivity contribution in [3.63, 3.8) is 0 Å². The third kappa shape index (κ3) is 6.87. The van der Waals surface area contributed by atoms with E-state index in [2.05, 4.69) is 89.9 Å². The Hall–Kier alpha value is -2.37. The number of nitrogens with one attached hydrogen (secondary N) is 2. The van der Waals surface area contributed by atoms with Gasteiger partial charge in [0.05, 0.1) is 6.54 Å². The fraction of sp³-hybridized carbons (Fsp3) is 0.458. The number of piperazine rings is 1. The minimum Gasteiger partial charge on any atom is -0.357 e. The van der Waals surface area contributed by atoms with Gasteiger partial charge in [0.1, 0.15) is 0 Å². The number of nitrogens with zero attached hydrogens (tertiary/aromatic N) is 3. The first kappa shape index (κ1) is 21.3. The van der Waals surface area contributed by atoms with E-state index in [1.807, 2.05) is 0 Å². The molecule has 0 radical (unpaired) electrons. The summed E-state index contributed by atoms with van der Waals surface area (Å²) < 4.78 is 0. The van der Waals surface area contributed by atoms with Crippen molar-refractivity contribution in [2.75, 3.05) is 39.8 Å². The Bertz CT molecular complexity index is 776. The smallest absolute Gasteiger partial charge is 0.191 e. The SMILES string of the molecule is CCNC(=NCc1ccc(CN2CCN(C)CC2)cc1)NCc1ccccc1C. The zero-order chi connectivity index (χ0) is 20.5. The second-order valence-electron chi connectivity index (χ2n) is 7.87. The lowest BCUT2D eigenvalue weighted by atomic mass is 10.1. The fourth-order valence-electron chi connectivity index (χ4n) is 3.51. The molecular weight excluding hydrogens is 358 g/mol. The molecule has 0 amide bonds. The Morgan fingerprint density at radius 3 is 2.31 bits per heavy atom. The molecule has 0 aliphatic carbocycles. The van der Waals surface area contributed by atoms with Crippen molar-refractivity contribution >= 4 is 5.96 Å². The standard InChI is InChI=1S/C24H35N5/c1-4-25-24(27-18-23-8-6-5-7-20(23)2)26-17-21-9-11-22(12-10-21)19-29-15-13-28(3)14-16-29/h5-12H,4,13-19H2,1-3H3,(H2,25,26,27). The summed E-state index contributed by atoms with van der Waals surface area (Å²) in [6.45, 7) is 12.2. The van der Waals surface area contributed by atoms with Gasteiger partial charge in [-0.25, -0.2) is 4.99 Å². The first-order chi connectivity index (χ1) is 14.1. The maximum Gasteiger partial charge on any atom is 0.191 e. The maximum atomic E-state index is 4.76. The van der Waals surface area contributed by atoms with Crippen LogP contribution in [-0.2, 0) is 19.6 Å². The molecule has 5 heteroatoms.